The third-order valence-corrected chi connectivity index (χ3v) is 3.96. The molecule has 0 amide bonds. The minimum atomic E-state index is 0.498. The maximum absolute atomic E-state index is 8.87. The van der Waals surface area contributed by atoms with Crippen LogP contribution in [0.2, 0.25) is 0 Å². The summed E-state index contributed by atoms with van der Waals surface area (Å²) in [5, 5.41) is 8.87. The van der Waals surface area contributed by atoms with Gasteiger partial charge in [0, 0.05) is 32.7 Å². The van der Waals surface area contributed by atoms with Gasteiger partial charge in [-0.3, -0.25) is 0 Å². The Balaban J connectivity index is 1.67. The molecule has 1 aromatic heterocycles. The second-order valence-electron chi connectivity index (χ2n) is 5.86. The van der Waals surface area contributed by atoms with Gasteiger partial charge in [0.15, 0.2) is 0 Å². The van der Waals surface area contributed by atoms with Gasteiger partial charge in [0.2, 0.25) is 0 Å². The topological polar surface area (TPSA) is 46.4 Å². The molecular weight excluding hydrogens is 262 g/mol. The van der Waals surface area contributed by atoms with Crippen molar-refractivity contribution in [2.45, 2.75) is 13.0 Å². The minimum Gasteiger partial charge on any atom is -0.304 e. The molecule has 1 aliphatic rings. The van der Waals surface area contributed by atoms with Crippen molar-refractivity contribution in [2.24, 2.45) is 0 Å². The van der Waals surface area contributed by atoms with Crippen molar-refractivity contribution in [1.82, 2.24) is 19.7 Å². The van der Waals surface area contributed by atoms with E-state index >= 15 is 0 Å². The van der Waals surface area contributed by atoms with Gasteiger partial charge >= 0.3 is 0 Å². The summed E-state index contributed by atoms with van der Waals surface area (Å²) in [4.78, 5) is 11.5. The predicted octanol–water partition coefficient (Wildman–Crippen LogP) is 1.02. The van der Waals surface area contributed by atoms with Crippen LogP contribution in [-0.4, -0.2) is 73.0 Å². The lowest BCUT2D eigenvalue weighted by atomic mass is 10.2. The highest BCUT2D eigenvalue weighted by atomic mass is 15.2. The number of nitrogens with zero attached hydrogens (tertiary/aromatic N) is 5. The van der Waals surface area contributed by atoms with Crippen molar-refractivity contribution in [3.63, 3.8) is 0 Å². The molecule has 0 bridgehead atoms. The summed E-state index contributed by atoms with van der Waals surface area (Å²) in [7, 11) is 4.30. The average molecular weight is 287 g/mol. The van der Waals surface area contributed by atoms with Crippen molar-refractivity contribution in [2.75, 3.05) is 53.4 Å². The van der Waals surface area contributed by atoms with Gasteiger partial charge in [-0.2, -0.15) is 5.26 Å². The van der Waals surface area contributed by atoms with E-state index in [-0.39, 0.29) is 0 Å². The highest BCUT2D eigenvalue weighted by Crippen LogP contribution is 2.04. The summed E-state index contributed by atoms with van der Waals surface area (Å²) < 4.78 is 0. The third kappa shape index (κ3) is 5.43. The summed E-state index contributed by atoms with van der Waals surface area (Å²) in [6, 6.07) is 7.72. The molecule has 2 heterocycles. The molecule has 0 aliphatic carbocycles. The van der Waals surface area contributed by atoms with E-state index in [0.717, 1.165) is 18.8 Å². The van der Waals surface area contributed by atoms with Crippen LogP contribution >= 0.6 is 0 Å². The maximum atomic E-state index is 8.87. The van der Waals surface area contributed by atoms with E-state index in [9.17, 15) is 0 Å². The molecule has 1 aromatic rings. The normalized spacial score (nSPS) is 17.0. The highest BCUT2D eigenvalue weighted by molar-refractivity contribution is 5.22. The molecule has 5 nitrogen and oxygen atoms in total. The van der Waals surface area contributed by atoms with Gasteiger partial charge in [-0.1, -0.05) is 6.07 Å². The van der Waals surface area contributed by atoms with Gasteiger partial charge in [0.1, 0.15) is 11.8 Å². The molecule has 2 rings (SSSR count). The molecule has 1 fully saturated rings. The van der Waals surface area contributed by atoms with Crippen LogP contribution in [-0.2, 0) is 6.54 Å². The number of piperazine rings is 1. The molecule has 1 aliphatic heterocycles. The Hall–Kier alpha value is -1.48. The zero-order valence-electron chi connectivity index (χ0n) is 13.1. The molecule has 0 saturated carbocycles. The van der Waals surface area contributed by atoms with E-state index in [1.165, 1.54) is 39.1 Å². The smallest absolute Gasteiger partial charge is 0.140 e. The maximum Gasteiger partial charge on any atom is 0.140 e. The molecular formula is C16H25N5. The van der Waals surface area contributed by atoms with Crippen LogP contribution in [0.3, 0.4) is 0 Å². The van der Waals surface area contributed by atoms with Crippen molar-refractivity contribution >= 4 is 0 Å². The first-order valence-electron chi connectivity index (χ1n) is 7.63. The fraction of sp³-hybridized carbons (Fsp3) is 0.625. The second-order valence-corrected chi connectivity index (χ2v) is 5.86. The standard InChI is InChI=1S/C16H25N5/c1-19-9-11-21(12-10-19)8-4-7-20(2)14-16-6-3-5-15(13-17)18-16/h3,5-6H,4,7-12,14H2,1-2H3. The van der Waals surface area contributed by atoms with E-state index in [4.69, 9.17) is 5.26 Å². The first-order valence-corrected chi connectivity index (χ1v) is 7.63. The van der Waals surface area contributed by atoms with Gasteiger partial charge < -0.3 is 14.7 Å². The molecule has 0 unspecified atom stereocenters. The molecule has 0 aromatic carbocycles. The van der Waals surface area contributed by atoms with Gasteiger partial charge in [-0.25, -0.2) is 4.98 Å². The molecule has 114 valence electrons. The van der Waals surface area contributed by atoms with E-state index in [0.29, 0.717) is 5.69 Å². The lowest BCUT2D eigenvalue weighted by Gasteiger charge is -2.32. The molecule has 21 heavy (non-hydrogen) atoms. The minimum absolute atomic E-state index is 0.498. The molecule has 1 saturated heterocycles. The SMILES string of the molecule is CN1CCN(CCCN(C)Cc2cccc(C#N)n2)CC1. The summed E-state index contributed by atoms with van der Waals surface area (Å²) >= 11 is 0. The number of hydrogen-bond acceptors (Lipinski definition) is 5. The van der Waals surface area contributed by atoms with Crippen LogP contribution in [0.4, 0.5) is 0 Å². The fourth-order valence-corrected chi connectivity index (χ4v) is 2.62. The predicted molar refractivity (Wildman–Crippen MR) is 83.8 cm³/mol. The summed E-state index contributed by atoms with van der Waals surface area (Å²) in [5.41, 5.74) is 1.47. The first-order chi connectivity index (χ1) is 10.2. The van der Waals surface area contributed by atoms with E-state index in [1.54, 1.807) is 6.07 Å². The molecule has 0 atom stereocenters. The average Bonchev–Trinajstić information content (AvgIpc) is 2.49. The van der Waals surface area contributed by atoms with Crippen LogP contribution in [0.1, 0.15) is 17.8 Å². The number of rotatable bonds is 6. The van der Waals surface area contributed by atoms with Crippen LogP contribution in [0.15, 0.2) is 18.2 Å². The van der Waals surface area contributed by atoms with Gasteiger partial charge in [0.05, 0.1) is 5.69 Å². The Morgan fingerprint density at radius 2 is 2.05 bits per heavy atom. The van der Waals surface area contributed by atoms with Gasteiger partial charge in [-0.15, -0.1) is 0 Å². The molecule has 0 N–H and O–H groups in total. The Morgan fingerprint density at radius 3 is 2.76 bits per heavy atom. The number of aromatic nitrogens is 1. The Labute approximate surface area is 127 Å². The second kappa shape index (κ2) is 8.08. The monoisotopic (exact) mass is 287 g/mol. The molecule has 5 heteroatoms. The van der Waals surface area contributed by atoms with Crippen LogP contribution in [0.5, 0.6) is 0 Å². The first kappa shape index (κ1) is 15.9. The Morgan fingerprint density at radius 1 is 1.29 bits per heavy atom. The summed E-state index contributed by atoms with van der Waals surface area (Å²) in [5.74, 6) is 0. The largest absolute Gasteiger partial charge is 0.304 e. The van der Waals surface area contributed by atoms with Crippen molar-refractivity contribution in [3.05, 3.63) is 29.6 Å². The zero-order valence-corrected chi connectivity index (χ0v) is 13.1. The Kier molecular flexibility index (Phi) is 6.12. The number of nitriles is 1. The van der Waals surface area contributed by atoms with Crippen LogP contribution in [0, 0.1) is 11.3 Å². The van der Waals surface area contributed by atoms with Gasteiger partial charge in [-0.05, 0) is 45.7 Å². The number of pyridine rings is 1. The molecule has 0 spiro atoms. The van der Waals surface area contributed by atoms with Gasteiger partial charge in [0.25, 0.3) is 0 Å². The van der Waals surface area contributed by atoms with E-state index < -0.39 is 0 Å². The summed E-state index contributed by atoms with van der Waals surface area (Å²) in [6.45, 7) is 7.77. The fourth-order valence-electron chi connectivity index (χ4n) is 2.62. The van der Waals surface area contributed by atoms with Crippen molar-refractivity contribution < 1.29 is 0 Å². The zero-order chi connectivity index (χ0) is 15.1. The van der Waals surface area contributed by atoms with Crippen molar-refractivity contribution in [3.8, 4) is 6.07 Å². The van der Waals surface area contributed by atoms with Crippen molar-refractivity contribution in [1.29, 1.82) is 5.26 Å². The van der Waals surface area contributed by atoms with E-state index in [1.807, 2.05) is 12.1 Å². The highest BCUT2D eigenvalue weighted by Gasteiger charge is 2.13. The number of hydrogen-bond donors (Lipinski definition) is 0. The van der Waals surface area contributed by atoms with Crippen LogP contribution in [0.25, 0.3) is 0 Å². The quantitative estimate of drug-likeness (QED) is 0.782. The van der Waals surface area contributed by atoms with Crippen LogP contribution < -0.4 is 0 Å². The third-order valence-electron chi connectivity index (χ3n) is 3.96. The lowest BCUT2D eigenvalue weighted by molar-refractivity contribution is 0.147. The summed E-state index contributed by atoms with van der Waals surface area (Å²) in [6.07, 6.45) is 1.18. The lowest BCUT2D eigenvalue weighted by Crippen LogP contribution is -2.45. The Bertz CT molecular complexity index is 474. The van der Waals surface area contributed by atoms with E-state index in [2.05, 4.69) is 39.8 Å². The molecule has 0 radical (unpaired) electrons. The number of likely N-dealkylation sites (N-methyl/N-ethyl adjacent to an activating group) is 1.